The van der Waals surface area contributed by atoms with Gasteiger partial charge >= 0.3 is 0 Å². The first-order valence-corrected chi connectivity index (χ1v) is 6.47. The lowest BCUT2D eigenvalue weighted by Gasteiger charge is -2.17. The molecule has 0 fully saturated rings. The van der Waals surface area contributed by atoms with Gasteiger partial charge in [0.2, 0.25) is 5.88 Å². The molecule has 0 amide bonds. The number of aryl methyl sites for hydroxylation is 1. The lowest BCUT2D eigenvalue weighted by molar-refractivity contribution is 0.111. The summed E-state index contributed by atoms with van der Waals surface area (Å²) in [7, 11) is -1.71. The number of aromatic nitrogens is 2. The smallest absolute Gasteiger partial charge is 0.221 e. The molecule has 0 atom stereocenters. The summed E-state index contributed by atoms with van der Waals surface area (Å²) in [6.45, 7) is 0. The first kappa shape index (κ1) is 11.0. The Bertz CT molecular complexity index is 521. The predicted octanol–water partition coefficient (Wildman–Crippen LogP) is -0.231. The molecular weight excluding hydrogens is 232 g/mol. The maximum absolute atomic E-state index is 11.5. The Kier molecular flexibility index (Phi) is 2.63. The van der Waals surface area contributed by atoms with Crippen molar-refractivity contribution in [2.75, 3.05) is 12.9 Å². The summed E-state index contributed by atoms with van der Waals surface area (Å²) in [5, 5.41) is 0. The van der Waals surface area contributed by atoms with Crippen molar-refractivity contribution in [3.63, 3.8) is 0 Å². The number of carbonyl (C=O) groups excluding carboxylic acids is 1. The van der Waals surface area contributed by atoms with Crippen molar-refractivity contribution in [2.24, 2.45) is 0 Å². The molecule has 0 unspecified atom stereocenters. The summed E-state index contributed by atoms with van der Waals surface area (Å²) in [4.78, 5) is 18.4. The van der Waals surface area contributed by atoms with Gasteiger partial charge in [-0.25, -0.2) is 13.4 Å². The minimum absolute atomic E-state index is 0.0231. The van der Waals surface area contributed by atoms with E-state index in [0.717, 1.165) is 0 Å². The van der Waals surface area contributed by atoms with Crippen molar-refractivity contribution < 1.29 is 17.9 Å². The fraction of sp³-hybridized carbons (Fsp3) is 0.444. The van der Waals surface area contributed by atoms with Crippen LogP contribution in [0, 0.1) is 0 Å². The van der Waals surface area contributed by atoms with Crippen LogP contribution >= 0.6 is 0 Å². The molecule has 2 heterocycles. The largest absolute Gasteiger partial charge is 0.481 e. The minimum atomic E-state index is -3.10. The van der Waals surface area contributed by atoms with E-state index >= 15 is 0 Å². The zero-order valence-electron chi connectivity index (χ0n) is 8.63. The van der Waals surface area contributed by atoms with Gasteiger partial charge in [0.15, 0.2) is 21.9 Å². The van der Waals surface area contributed by atoms with E-state index in [9.17, 15) is 13.2 Å². The van der Waals surface area contributed by atoms with Crippen LogP contribution in [0.1, 0.15) is 21.9 Å². The van der Waals surface area contributed by atoms with Crippen LogP contribution in [0.3, 0.4) is 0 Å². The summed E-state index contributed by atoms with van der Waals surface area (Å²) < 4.78 is 27.9. The van der Waals surface area contributed by atoms with Gasteiger partial charge in [0.25, 0.3) is 0 Å². The van der Waals surface area contributed by atoms with E-state index in [1.165, 1.54) is 7.11 Å². The van der Waals surface area contributed by atoms with E-state index in [0.29, 0.717) is 24.0 Å². The maximum atomic E-state index is 11.5. The van der Waals surface area contributed by atoms with Crippen LogP contribution < -0.4 is 4.74 Å². The van der Waals surface area contributed by atoms with Crippen molar-refractivity contribution in [3.8, 4) is 5.88 Å². The van der Waals surface area contributed by atoms with E-state index in [1.54, 1.807) is 0 Å². The number of methoxy groups -OCH3 is 1. The lowest BCUT2D eigenvalue weighted by atomic mass is 10.2. The Morgan fingerprint density at radius 2 is 2.12 bits per heavy atom. The molecule has 2 rings (SSSR count). The molecule has 0 N–H and O–H groups in total. The standard InChI is InChI=1S/C9H10N2O4S/c1-15-9-6-5-16(13,14)3-2-7(6)10-8(4-12)11-9/h4H,2-3,5H2,1H3. The van der Waals surface area contributed by atoms with Gasteiger partial charge in [-0.2, -0.15) is 4.98 Å². The molecule has 0 spiro atoms. The van der Waals surface area contributed by atoms with E-state index in [1.807, 2.05) is 0 Å². The average Bonchev–Trinajstić information content (AvgIpc) is 2.26. The number of sulfone groups is 1. The van der Waals surface area contributed by atoms with Crippen molar-refractivity contribution in [3.05, 3.63) is 17.1 Å². The van der Waals surface area contributed by atoms with Gasteiger partial charge in [-0.3, -0.25) is 4.79 Å². The predicted molar refractivity (Wildman–Crippen MR) is 55.2 cm³/mol. The molecule has 0 bridgehead atoms. The maximum Gasteiger partial charge on any atom is 0.221 e. The van der Waals surface area contributed by atoms with Crippen molar-refractivity contribution in [1.29, 1.82) is 0 Å². The highest BCUT2D eigenvalue weighted by Gasteiger charge is 2.26. The van der Waals surface area contributed by atoms with E-state index < -0.39 is 9.84 Å². The van der Waals surface area contributed by atoms with E-state index in [4.69, 9.17) is 4.74 Å². The lowest BCUT2D eigenvalue weighted by Crippen LogP contribution is -2.22. The fourth-order valence-electron chi connectivity index (χ4n) is 1.64. The number of hydrogen-bond acceptors (Lipinski definition) is 6. The number of ether oxygens (including phenoxy) is 1. The topological polar surface area (TPSA) is 86.2 Å². The highest BCUT2D eigenvalue weighted by molar-refractivity contribution is 7.90. The van der Waals surface area contributed by atoms with Crippen LogP contribution in [0.4, 0.5) is 0 Å². The van der Waals surface area contributed by atoms with E-state index in [-0.39, 0.29) is 23.2 Å². The molecule has 7 heteroatoms. The van der Waals surface area contributed by atoms with Crippen molar-refractivity contribution in [2.45, 2.75) is 12.2 Å². The summed E-state index contributed by atoms with van der Waals surface area (Å²) in [5.74, 6) is 0.133. The summed E-state index contributed by atoms with van der Waals surface area (Å²) >= 11 is 0. The molecule has 16 heavy (non-hydrogen) atoms. The normalized spacial score (nSPS) is 17.6. The van der Waals surface area contributed by atoms with Crippen LogP contribution in [0.15, 0.2) is 0 Å². The number of aldehydes is 1. The Labute approximate surface area is 92.6 Å². The van der Waals surface area contributed by atoms with E-state index in [2.05, 4.69) is 9.97 Å². The summed E-state index contributed by atoms with van der Waals surface area (Å²) in [6, 6.07) is 0. The average molecular weight is 242 g/mol. The number of fused-ring (bicyclic) bond motifs is 1. The van der Waals surface area contributed by atoms with Crippen LogP contribution in [-0.4, -0.2) is 37.5 Å². The van der Waals surface area contributed by atoms with Gasteiger partial charge in [-0.1, -0.05) is 0 Å². The molecule has 1 aromatic rings. The van der Waals surface area contributed by atoms with Gasteiger partial charge in [-0.15, -0.1) is 0 Å². The highest BCUT2D eigenvalue weighted by atomic mass is 32.2. The molecule has 6 nitrogen and oxygen atoms in total. The zero-order valence-corrected chi connectivity index (χ0v) is 9.45. The Morgan fingerprint density at radius 1 is 1.38 bits per heavy atom. The van der Waals surface area contributed by atoms with Crippen molar-refractivity contribution in [1.82, 2.24) is 9.97 Å². The quantitative estimate of drug-likeness (QED) is 0.666. The molecule has 1 aliphatic heterocycles. The summed E-state index contributed by atoms with van der Waals surface area (Å²) in [6.07, 6.45) is 0.823. The number of nitrogens with zero attached hydrogens (tertiary/aromatic N) is 2. The molecule has 0 saturated carbocycles. The Hall–Kier alpha value is -1.50. The molecule has 0 aliphatic carbocycles. The Morgan fingerprint density at radius 3 is 2.75 bits per heavy atom. The van der Waals surface area contributed by atoms with Crippen LogP contribution in [0.2, 0.25) is 0 Å². The number of hydrogen-bond donors (Lipinski definition) is 0. The zero-order chi connectivity index (χ0) is 11.8. The minimum Gasteiger partial charge on any atom is -0.481 e. The Balaban J connectivity index is 2.59. The van der Waals surface area contributed by atoms with Crippen molar-refractivity contribution >= 4 is 16.1 Å². The molecule has 0 radical (unpaired) electrons. The molecular formula is C9H10N2O4S. The number of rotatable bonds is 2. The molecule has 86 valence electrons. The number of carbonyl (C=O) groups is 1. The van der Waals surface area contributed by atoms with Gasteiger partial charge < -0.3 is 4.74 Å². The van der Waals surface area contributed by atoms with Gasteiger partial charge in [0, 0.05) is 6.42 Å². The van der Waals surface area contributed by atoms with Crippen LogP contribution in [0.25, 0.3) is 0 Å². The summed E-state index contributed by atoms with van der Waals surface area (Å²) in [5.41, 5.74) is 1.06. The fourth-order valence-corrected chi connectivity index (χ4v) is 3.02. The van der Waals surface area contributed by atoms with Crippen LogP contribution in [-0.2, 0) is 22.0 Å². The van der Waals surface area contributed by atoms with Crippen LogP contribution in [0.5, 0.6) is 5.88 Å². The molecule has 0 aromatic carbocycles. The molecule has 0 saturated heterocycles. The second kappa shape index (κ2) is 3.82. The molecule has 1 aliphatic rings. The third-order valence-corrected chi connectivity index (χ3v) is 3.94. The molecule has 1 aromatic heterocycles. The third-order valence-electron chi connectivity index (χ3n) is 2.38. The SMILES string of the molecule is COc1nc(C=O)nc2c1CS(=O)(=O)CC2. The van der Waals surface area contributed by atoms with Gasteiger partial charge in [0.05, 0.1) is 29.9 Å². The second-order valence-corrected chi connectivity index (χ2v) is 5.66. The highest BCUT2D eigenvalue weighted by Crippen LogP contribution is 2.26. The monoisotopic (exact) mass is 242 g/mol. The van der Waals surface area contributed by atoms with Gasteiger partial charge in [0.1, 0.15) is 0 Å². The second-order valence-electron chi connectivity index (χ2n) is 3.48. The third kappa shape index (κ3) is 1.90. The first-order chi connectivity index (χ1) is 7.55. The van der Waals surface area contributed by atoms with Gasteiger partial charge in [-0.05, 0) is 0 Å². The first-order valence-electron chi connectivity index (χ1n) is 4.65.